The molecule has 2 N–H and O–H groups in total. The first-order valence-corrected chi connectivity index (χ1v) is 21.4. The molecule has 65 heavy (non-hydrogen) atoms. The fourth-order valence-electron chi connectivity index (χ4n) is 9.73. The number of hydrazine groups is 1. The minimum Gasteiger partial charge on any atom is -0.497 e. The summed E-state index contributed by atoms with van der Waals surface area (Å²) in [7, 11) is 6.11. The first-order valence-electron chi connectivity index (χ1n) is 20.7. The number of aliphatic hydroxyl groups is 1. The lowest BCUT2D eigenvalue weighted by Gasteiger charge is -2.49. The average Bonchev–Trinajstić information content (AvgIpc) is 3.69. The molecule has 2 amide bonds. The van der Waals surface area contributed by atoms with E-state index < -0.39 is 52.0 Å². The van der Waals surface area contributed by atoms with Crippen LogP contribution in [0.25, 0.3) is 11.0 Å². The summed E-state index contributed by atoms with van der Waals surface area (Å²) in [4.78, 5) is 77.9. The number of amides is 2. The Balaban J connectivity index is 1.17. The first kappa shape index (κ1) is 43.4. The molecule has 4 heterocycles. The summed E-state index contributed by atoms with van der Waals surface area (Å²) in [6, 6.07) is 21.1. The third kappa shape index (κ3) is 6.96. The number of carbonyl (C=O) groups excluding carboxylic acids is 2. The Morgan fingerprint density at radius 1 is 0.862 bits per heavy atom. The van der Waals surface area contributed by atoms with E-state index in [9.17, 15) is 19.5 Å². The van der Waals surface area contributed by atoms with Crippen LogP contribution in [0, 0.1) is 5.92 Å². The molecule has 1 saturated carbocycles. The van der Waals surface area contributed by atoms with Gasteiger partial charge in [0.15, 0.2) is 11.5 Å². The number of hydrogen-bond acceptors (Lipinski definition) is 12. The van der Waals surface area contributed by atoms with Crippen LogP contribution in [0.15, 0.2) is 105 Å². The van der Waals surface area contributed by atoms with Crippen LogP contribution < -0.4 is 41.3 Å². The van der Waals surface area contributed by atoms with E-state index in [0.29, 0.717) is 55.8 Å². The number of hydrogen-bond donors (Lipinski definition) is 2. The van der Waals surface area contributed by atoms with Gasteiger partial charge in [0.25, 0.3) is 17.4 Å². The maximum absolute atomic E-state index is 15.6. The Morgan fingerprint density at radius 2 is 1.57 bits per heavy atom. The number of aromatic nitrogens is 5. The molecule has 6 aromatic rings. The summed E-state index contributed by atoms with van der Waals surface area (Å²) in [5.41, 5.74) is 2.83. The molecule has 1 aliphatic carbocycles. The second kappa shape index (κ2) is 17.0. The van der Waals surface area contributed by atoms with Gasteiger partial charge in [-0.2, -0.15) is 5.01 Å². The minimum absolute atomic E-state index is 0.0352. The largest absolute Gasteiger partial charge is 0.497 e. The predicted molar refractivity (Wildman–Crippen MR) is 240 cm³/mol. The molecule has 0 unspecified atom stereocenters. The molecule has 9 rings (SSSR count). The Kier molecular flexibility index (Phi) is 11.3. The molecule has 0 bridgehead atoms. The molecule has 17 nitrogen and oxygen atoms in total. The van der Waals surface area contributed by atoms with E-state index in [1.807, 2.05) is 6.08 Å². The summed E-state index contributed by atoms with van der Waals surface area (Å²) in [6.45, 7) is -0.356. The van der Waals surface area contributed by atoms with Gasteiger partial charge in [0.1, 0.15) is 23.8 Å². The molecule has 3 aliphatic rings. The number of aliphatic hydroxyl groups excluding tert-OH is 1. The van der Waals surface area contributed by atoms with Crippen LogP contribution in [0.1, 0.15) is 35.2 Å². The lowest BCUT2D eigenvalue weighted by Crippen LogP contribution is -2.53. The van der Waals surface area contributed by atoms with Crippen LogP contribution in [0.4, 0.5) is 5.69 Å². The van der Waals surface area contributed by atoms with Gasteiger partial charge in [-0.05, 0) is 65.6 Å². The molecule has 4 aromatic carbocycles. The number of ether oxygens (including phenoxy) is 4. The van der Waals surface area contributed by atoms with Gasteiger partial charge < -0.3 is 28.6 Å². The highest BCUT2D eigenvalue weighted by molar-refractivity contribution is 6.36. The highest BCUT2D eigenvalue weighted by Gasteiger charge is 2.68. The van der Waals surface area contributed by atoms with Gasteiger partial charge in [0.2, 0.25) is 0 Å². The predicted octanol–water partition coefficient (Wildman–Crippen LogP) is 4.62. The zero-order chi connectivity index (χ0) is 45.9. The van der Waals surface area contributed by atoms with Gasteiger partial charge in [-0.3, -0.25) is 19.8 Å². The zero-order valence-electron chi connectivity index (χ0n) is 35.6. The summed E-state index contributed by atoms with van der Waals surface area (Å²) in [6.07, 6.45) is 1.74. The average molecular weight is 925 g/mol. The molecule has 1 saturated heterocycles. The van der Waals surface area contributed by atoms with Gasteiger partial charge in [-0.25, -0.2) is 28.5 Å². The number of carbonyl (C=O) groups is 2. The van der Waals surface area contributed by atoms with E-state index in [0.717, 1.165) is 9.58 Å². The van der Waals surface area contributed by atoms with Crippen molar-refractivity contribution in [1.29, 1.82) is 0 Å². The molecule has 0 radical (unpaired) electrons. The number of nitrogens with zero attached hydrogens (tertiary/aromatic N) is 6. The lowest BCUT2D eigenvalue weighted by molar-refractivity contribution is -0.138. The van der Waals surface area contributed by atoms with Crippen molar-refractivity contribution in [3.63, 3.8) is 0 Å². The Bertz CT molecular complexity index is 3100. The van der Waals surface area contributed by atoms with Crippen molar-refractivity contribution in [2.45, 2.75) is 43.3 Å². The van der Waals surface area contributed by atoms with Crippen LogP contribution in [0.3, 0.4) is 0 Å². The standard InChI is InChI=1S/C46H43Cl2N7O10/c1-51-37-24-39(64-4)38(63-3)23-35(37)49-34(42(51)58)16-17-52-44(60)53-18-15-30-36(55(53)45(52)61)22-31-41(57)54(50-33-14-9-27(47)21-32(33)48)43(59)46(31,26-7-12-28(62-2)13-8-26)40(30)25-5-10-29(11-6-25)65-20-19-56/h5-15,21,23-24,31,36,40,50,56H,16-20,22H2,1-4H3/t31-,36+,40-,46+/m0/s1. The summed E-state index contributed by atoms with van der Waals surface area (Å²) < 4.78 is 27.3. The Labute approximate surface area is 380 Å². The van der Waals surface area contributed by atoms with Crippen LogP contribution in [0.2, 0.25) is 10.0 Å². The fourth-order valence-corrected chi connectivity index (χ4v) is 10.2. The van der Waals surface area contributed by atoms with E-state index in [-0.39, 0.29) is 55.5 Å². The van der Waals surface area contributed by atoms with E-state index in [1.54, 1.807) is 79.8 Å². The van der Waals surface area contributed by atoms with Crippen molar-refractivity contribution >= 4 is 51.7 Å². The van der Waals surface area contributed by atoms with Crippen molar-refractivity contribution in [3.05, 3.63) is 149 Å². The third-order valence-electron chi connectivity index (χ3n) is 12.7. The molecular formula is C46H43Cl2N7O10. The summed E-state index contributed by atoms with van der Waals surface area (Å²) >= 11 is 12.8. The van der Waals surface area contributed by atoms with Gasteiger partial charge >= 0.3 is 11.4 Å². The highest BCUT2D eigenvalue weighted by atomic mass is 35.5. The summed E-state index contributed by atoms with van der Waals surface area (Å²) in [5.74, 6) is -1.29. The number of fused-ring (bicyclic) bond motifs is 5. The Hall–Kier alpha value is -6.82. The number of benzene rings is 4. The van der Waals surface area contributed by atoms with Gasteiger partial charge in [-0.1, -0.05) is 53.5 Å². The monoisotopic (exact) mass is 923 g/mol. The van der Waals surface area contributed by atoms with Crippen molar-refractivity contribution < 1.29 is 33.6 Å². The van der Waals surface area contributed by atoms with Crippen molar-refractivity contribution in [2.24, 2.45) is 13.0 Å². The maximum Gasteiger partial charge on any atom is 0.347 e. The molecule has 336 valence electrons. The molecular weight excluding hydrogens is 881 g/mol. The second-order valence-corrected chi connectivity index (χ2v) is 16.8. The molecule has 0 spiro atoms. The normalized spacial score (nSPS) is 20.0. The maximum atomic E-state index is 15.6. The molecule has 2 fully saturated rings. The SMILES string of the molecule is COc1ccc([C@@]23C(=O)N(Nc4ccc(Cl)cc4Cl)C(=O)[C@@H]2C[C@@H]2C(=CCn4c(=O)n(CCc5nc6cc(OC)c(OC)cc6n(C)c5=O)c(=O)n42)[C@@H]3c2ccc(OCCO)cc2)cc1. The number of halogens is 2. The third-order valence-corrected chi connectivity index (χ3v) is 13.3. The topological polar surface area (TPSA) is 190 Å². The van der Waals surface area contributed by atoms with Crippen LogP contribution in [-0.2, 0) is 41.6 Å². The number of rotatable bonds is 13. The van der Waals surface area contributed by atoms with Crippen LogP contribution in [-0.4, -0.2) is 80.0 Å². The number of allylic oxidation sites excluding steroid dienone is 2. The van der Waals surface area contributed by atoms with E-state index >= 15 is 9.59 Å². The molecule has 19 heteroatoms. The molecule has 4 atom stereocenters. The zero-order valence-corrected chi connectivity index (χ0v) is 37.1. The second-order valence-electron chi connectivity index (χ2n) is 15.9. The quantitative estimate of drug-likeness (QED) is 0.121. The van der Waals surface area contributed by atoms with Gasteiger partial charge in [0.05, 0.1) is 73.6 Å². The summed E-state index contributed by atoms with van der Waals surface area (Å²) in [5, 5.41) is 10.9. The minimum atomic E-state index is -1.60. The Morgan fingerprint density at radius 3 is 2.25 bits per heavy atom. The fraction of sp³-hybridized carbons (Fsp3) is 0.304. The van der Waals surface area contributed by atoms with Gasteiger partial charge in [0, 0.05) is 43.1 Å². The van der Waals surface area contributed by atoms with Crippen LogP contribution in [0.5, 0.6) is 23.0 Å². The number of anilines is 1. The number of methoxy groups -OCH3 is 3. The molecule has 2 aliphatic heterocycles. The van der Waals surface area contributed by atoms with Crippen molar-refractivity contribution in [2.75, 3.05) is 40.0 Å². The number of imide groups is 1. The van der Waals surface area contributed by atoms with E-state index in [1.165, 1.54) is 41.3 Å². The number of aryl methyl sites for hydroxylation is 2. The van der Waals surface area contributed by atoms with Crippen LogP contribution >= 0.6 is 23.2 Å². The van der Waals surface area contributed by atoms with E-state index in [4.69, 9.17) is 42.1 Å². The van der Waals surface area contributed by atoms with E-state index in [2.05, 4.69) is 10.4 Å². The van der Waals surface area contributed by atoms with Crippen molar-refractivity contribution in [1.82, 2.24) is 28.5 Å². The lowest BCUT2D eigenvalue weighted by atomic mass is 9.53. The van der Waals surface area contributed by atoms with Gasteiger partial charge in [-0.15, -0.1) is 0 Å². The number of nitrogens with one attached hydrogen (secondary N) is 1. The first-order chi connectivity index (χ1) is 31.3. The molecule has 2 aromatic heterocycles. The van der Waals surface area contributed by atoms with Crippen molar-refractivity contribution in [3.8, 4) is 23.0 Å². The highest BCUT2D eigenvalue weighted by Crippen LogP contribution is 2.62. The smallest absolute Gasteiger partial charge is 0.347 e.